The highest BCUT2D eigenvalue weighted by atomic mass is 127. The largest absolute Gasteiger partial charge is 0.442 e. The van der Waals surface area contributed by atoms with Crippen molar-refractivity contribution in [3.63, 3.8) is 0 Å². The van der Waals surface area contributed by atoms with Gasteiger partial charge in [-0.25, -0.2) is 0 Å². The Labute approximate surface area is 322 Å². The lowest BCUT2D eigenvalue weighted by atomic mass is 10.1. The molecule has 2 rings (SSSR count). The van der Waals surface area contributed by atoms with Crippen LogP contribution in [-0.4, -0.2) is 46.2 Å². The van der Waals surface area contributed by atoms with Crippen LogP contribution in [0.1, 0.15) is 48.4 Å². The van der Waals surface area contributed by atoms with Crippen molar-refractivity contribution in [2.24, 2.45) is 11.5 Å². The third-order valence-corrected chi connectivity index (χ3v) is 11.6. The highest BCUT2D eigenvalue weighted by molar-refractivity contribution is 14.1. The molecule has 0 atom stereocenters. The summed E-state index contributed by atoms with van der Waals surface area (Å²) in [5.74, 6) is -5.22. The first-order valence-electron chi connectivity index (χ1n) is 10.0. The van der Waals surface area contributed by atoms with E-state index in [0.717, 1.165) is 6.92 Å². The number of carbonyl (C=O) groups excluding carboxylic acids is 7. The van der Waals surface area contributed by atoms with Crippen molar-refractivity contribution < 1.29 is 38.3 Å². The van der Waals surface area contributed by atoms with E-state index in [-0.39, 0.29) is 55.0 Å². The van der Waals surface area contributed by atoms with Crippen LogP contribution in [0.3, 0.4) is 0 Å². The Kier molecular flexibility index (Phi) is 14.0. The molecule has 0 bridgehead atoms. The molecule has 4 amide bonds. The summed E-state index contributed by atoms with van der Waals surface area (Å²) in [6, 6.07) is 0. The average molecular weight is 1280 g/mol. The minimum absolute atomic E-state index is 0.0937. The van der Waals surface area contributed by atoms with Crippen LogP contribution in [0, 0.1) is 21.4 Å². The van der Waals surface area contributed by atoms with Crippen LogP contribution in [0.4, 0.5) is 11.4 Å². The van der Waals surface area contributed by atoms with E-state index >= 15 is 0 Å². The molecule has 0 aromatic heterocycles. The fraction of sp³-hybridized carbons (Fsp3) is 0.0952. The molecule has 2 aromatic rings. The van der Waals surface area contributed by atoms with E-state index in [1.165, 1.54) is 0 Å². The number of benzene rings is 2. The quantitative estimate of drug-likeness (QED) is 0.119. The molecule has 0 aliphatic heterocycles. The van der Waals surface area contributed by atoms with Crippen molar-refractivity contribution in [3.8, 4) is 0 Å². The van der Waals surface area contributed by atoms with E-state index in [9.17, 15) is 33.6 Å². The molecular weight excluding hydrogens is 1270 g/mol. The van der Waals surface area contributed by atoms with Crippen molar-refractivity contribution in [3.05, 3.63) is 43.7 Å². The molecule has 20 heteroatoms. The van der Waals surface area contributed by atoms with Gasteiger partial charge in [0.1, 0.15) is 0 Å². The highest BCUT2D eigenvalue weighted by Crippen LogP contribution is 2.38. The minimum atomic E-state index is -2.14. The molecule has 0 aliphatic carbocycles. The molecule has 0 saturated carbocycles. The second kappa shape index (κ2) is 15.4. The van der Waals surface area contributed by atoms with Crippen LogP contribution in [0.5, 0.6) is 0 Å². The maximum absolute atomic E-state index is 13.4. The zero-order valence-electron chi connectivity index (χ0n) is 19.5. The molecular formula is C21H10Cl2I6N4O8. The molecule has 0 heterocycles. The van der Waals surface area contributed by atoms with Crippen molar-refractivity contribution in [2.45, 2.75) is 13.0 Å². The average Bonchev–Trinajstić information content (AvgIpc) is 2.81. The standard InChI is InChI=1S/C21H10Cl2I6N4O8/c1-2(34)41-15(20(39)32-13-9(26)3(16(22)35)7(24)5(11(13)28)18(30)37)21(40)33-14-10(27)4(17(23)36)8(25)6(12(14)29)19(31)38/h15H,1H3,(H2,30,37)(H2,31,38)(H,32,39)(H,33,40). The third kappa shape index (κ3) is 8.23. The molecule has 0 radical (unpaired) electrons. The van der Waals surface area contributed by atoms with Crippen LogP contribution in [0.15, 0.2) is 0 Å². The number of ether oxygens (including phenoxy) is 1. The first-order valence-corrected chi connectivity index (χ1v) is 17.3. The topological polar surface area (TPSA) is 205 Å². The highest BCUT2D eigenvalue weighted by Gasteiger charge is 2.35. The van der Waals surface area contributed by atoms with Gasteiger partial charge in [0.2, 0.25) is 0 Å². The molecule has 0 saturated heterocycles. The second-order valence-corrected chi connectivity index (χ2v) is 14.5. The molecule has 0 fully saturated rings. The Bertz CT molecular complexity index is 1400. The SMILES string of the molecule is CC(=O)OC(C(=O)Nc1c(I)c(C(N)=O)c(I)c(C(=O)Cl)c1I)C(=O)Nc1c(I)c(C(N)=O)c(I)c(C(=O)Cl)c1I. The Morgan fingerprint density at radius 3 is 1.15 bits per heavy atom. The van der Waals surface area contributed by atoms with Crippen LogP contribution >= 0.6 is 159 Å². The summed E-state index contributed by atoms with van der Waals surface area (Å²) in [4.78, 5) is 87.1. The van der Waals surface area contributed by atoms with Gasteiger partial charge < -0.3 is 26.8 Å². The first-order chi connectivity index (χ1) is 18.8. The number of carbonyl (C=O) groups is 7. The Morgan fingerprint density at radius 1 is 0.610 bits per heavy atom. The van der Waals surface area contributed by atoms with Gasteiger partial charge >= 0.3 is 5.97 Å². The number of hydrogen-bond acceptors (Lipinski definition) is 8. The van der Waals surface area contributed by atoms with Crippen molar-refractivity contribution in [2.75, 3.05) is 10.6 Å². The van der Waals surface area contributed by atoms with Gasteiger partial charge in [0.15, 0.2) is 0 Å². The van der Waals surface area contributed by atoms with Crippen LogP contribution in [0.2, 0.25) is 0 Å². The molecule has 2 aromatic carbocycles. The Hall–Kier alpha value is 0.0900. The lowest BCUT2D eigenvalue weighted by molar-refractivity contribution is -0.156. The predicted octanol–water partition coefficient (Wildman–Crippen LogP) is 4.78. The van der Waals surface area contributed by atoms with E-state index in [1.807, 2.05) is 0 Å². The van der Waals surface area contributed by atoms with Gasteiger partial charge in [-0.2, -0.15) is 0 Å². The smallest absolute Gasteiger partial charge is 0.303 e. The summed E-state index contributed by atoms with van der Waals surface area (Å²) in [5, 5.41) is 2.91. The van der Waals surface area contributed by atoms with E-state index < -0.39 is 46.2 Å². The van der Waals surface area contributed by atoms with E-state index in [0.29, 0.717) is 0 Å². The lowest BCUT2D eigenvalue weighted by Crippen LogP contribution is -2.42. The van der Waals surface area contributed by atoms with Gasteiger partial charge in [-0.05, 0) is 159 Å². The van der Waals surface area contributed by atoms with Gasteiger partial charge in [0, 0.05) is 14.1 Å². The number of esters is 1. The fourth-order valence-corrected chi connectivity index (χ4v) is 13.0. The maximum Gasteiger partial charge on any atom is 0.303 e. The maximum atomic E-state index is 13.4. The number of amides is 4. The summed E-state index contributed by atoms with van der Waals surface area (Å²) in [7, 11) is 0. The molecule has 218 valence electrons. The second-order valence-electron chi connectivity index (χ2n) is 7.38. The zero-order chi connectivity index (χ0) is 31.7. The molecule has 0 unspecified atom stereocenters. The molecule has 41 heavy (non-hydrogen) atoms. The number of hydrogen-bond donors (Lipinski definition) is 4. The lowest BCUT2D eigenvalue weighted by Gasteiger charge is -2.21. The molecule has 0 spiro atoms. The summed E-state index contributed by atoms with van der Waals surface area (Å²) in [6.07, 6.45) is -2.14. The summed E-state index contributed by atoms with van der Waals surface area (Å²) in [6.45, 7) is 0.954. The monoisotopic (exact) mass is 1280 g/mol. The Balaban J connectivity index is 2.68. The van der Waals surface area contributed by atoms with Gasteiger partial charge in [-0.1, -0.05) is 0 Å². The normalized spacial score (nSPS) is 10.7. The Morgan fingerprint density at radius 2 is 0.902 bits per heavy atom. The molecule has 12 nitrogen and oxygen atoms in total. The fourth-order valence-electron chi connectivity index (χ4n) is 3.09. The summed E-state index contributed by atoms with van der Waals surface area (Å²) in [5.41, 5.74) is 10.3. The van der Waals surface area contributed by atoms with Gasteiger partial charge in [-0.15, -0.1) is 0 Å². The van der Waals surface area contributed by atoms with Crippen molar-refractivity contribution >= 4 is 210 Å². The minimum Gasteiger partial charge on any atom is -0.442 e. The number of halogens is 8. The van der Waals surface area contributed by atoms with Crippen molar-refractivity contribution in [1.82, 2.24) is 0 Å². The number of rotatable bonds is 9. The van der Waals surface area contributed by atoms with Crippen LogP contribution in [-0.2, 0) is 19.1 Å². The first kappa shape index (κ1) is 37.3. The molecule has 0 aliphatic rings. The third-order valence-electron chi connectivity index (χ3n) is 4.78. The number of anilines is 2. The van der Waals surface area contributed by atoms with Gasteiger partial charge in [0.25, 0.3) is 40.2 Å². The summed E-state index contributed by atoms with van der Waals surface area (Å²) < 4.78 is 5.77. The van der Waals surface area contributed by atoms with Gasteiger partial charge in [0.05, 0.1) is 47.9 Å². The van der Waals surface area contributed by atoms with Crippen LogP contribution in [0.25, 0.3) is 0 Å². The number of nitrogens with two attached hydrogens (primary N) is 2. The number of primary amides is 2. The van der Waals surface area contributed by atoms with Crippen molar-refractivity contribution in [1.29, 1.82) is 0 Å². The van der Waals surface area contributed by atoms with E-state index in [1.54, 1.807) is 136 Å². The van der Waals surface area contributed by atoms with Gasteiger partial charge in [-0.3, -0.25) is 33.6 Å². The van der Waals surface area contributed by atoms with E-state index in [4.69, 9.17) is 39.4 Å². The zero-order valence-corrected chi connectivity index (χ0v) is 34.0. The summed E-state index contributed by atoms with van der Waals surface area (Å²) >= 11 is 21.7. The molecule has 6 N–H and O–H groups in total. The number of nitrogens with one attached hydrogen (secondary N) is 2. The predicted molar refractivity (Wildman–Crippen MR) is 199 cm³/mol. The van der Waals surface area contributed by atoms with E-state index in [2.05, 4.69) is 10.6 Å². The van der Waals surface area contributed by atoms with Crippen LogP contribution < -0.4 is 22.1 Å².